The van der Waals surface area contributed by atoms with Crippen LogP contribution in [0, 0.1) is 0 Å². The lowest BCUT2D eigenvalue weighted by Crippen LogP contribution is -2.36. The second-order valence-corrected chi connectivity index (χ2v) is 6.51. The van der Waals surface area contributed by atoms with Gasteiger partial charge in [-0.15, -0.1) is 0 Å². The van der Waals surface area contributed by atoms with Gasteiger partial charge in [0.1, 0.15) is 11.4 Å². The van der Waals surface area contributed by atoms with Gasteiger partial charge in [-0.25, -0.2) is 0 Å². The van der Waals surface area contributed by atoms with Gasteiger partial charge in [0.2, 0.25) is 0 Å². The first-order chi connectivity index (χ1) is 10.2. The third kappa shape index (κ3) is 3.76. The Hall–Kier alpha value is -1.10. The lowest BCUT2D eigenvalue weighted by molar-refractivity contribution is -0.00580. The van der Waals surface area contributed by atoms with E-state index in [1.165, 1.54) is 31.2 Å². The molecule has 4 nitrogen and oxygen atoms in total. The van der Waals surface area contributed by atoms with Crippen molar-refractivity contribution in [3.8, 4) is 5.75 Å². The zero-order valence-electron chi connectivity index (χ0n) is 12.5. The molecule has 0 radical (unpaired) electrons. The third-order valence-corrected chi connectivity index (χ3v) is 4.62. The summed E-state index contributed by atoms with van der Waals surface area (Å²) in [5.74, 6) is 0.955. The number of rotatable bonds is 5. The van der Waals surface area contributed by atoms with Crippen LogP contribution in [0.4, 0.5) is 0 Å². The maximum absolute atomic E-state index is 10.1. The first-order valence-electron chi connectivity index (χ1n) is 7.98. The highest BCUT2D eigenvalue weighted by Gasteiger charge is 2.35. The normalized spacial score (nSPS) is 27.3. The summed E-state index contributed by atoms with van der Waals surface area (Å²) in [6.45, 7) is 2.00. The van der Waals surface area contributed by atoms with Gasteiger partial charge in [0, 0.05) is 19.6 Å². The molecule has 1 heterocycles. The third-order valence-electron chi connectivity index (χ3n) is 4.62. The number of hydrogen-bond acceptors (Lipinski definition) is 4. The van der Waals surface area contributed by atoms with E-state index in [1.807, 2.05) is 12.1 Å². The molecule has 1 aliphatic carbocycles. The lowest BCUT2D eigenvalue weighted by Gasteiger charge is -2.21. The molecular weight excluding hydrogens is 266 g/mol. The predicted molar refractivity (Wildman–Crippen MR) is 81.3 cm³/mol. The highest BCUT2D eigenvalue weighted by molar-refractivity contribution is 5.29. The van der Waals surface area contributed by atoms with E-state index in [0.29, 0.717) is 19.1 Å². The Balaban J connectivity index is 1.58. The van der Waals surface area contributed by atoms with Crippen molar-refractivity contribution in [2.75, 3.05) is 19.7 Å². The SMILES string of the molecule is OC[C@@]1(O)CCN(Cc2cccc(OC3CCCC3)c2)C1. The Kier molecular flexibility index (Phi) is 4.48. The van der Waals surface area contributed by atoms with Crippen molar-refractivity contribution >= 4 is 0 Å². The van der Waals surface area contributed by atoms with Gasteiger partial charge in [-0.2, -0.15) is 0 Å². The number of hydrogen-bond donors (Lipinski definition) is 2. The Morgan fingerprint density at radius 1 is 1.29 bits per heavy atom. The van der Waals surface area contributed by atoms with E-state index in [0.717, 1.165) is 18.8 Å². The standard InChI is InChI=1S/C17H25NO3/c19-13-17(20)8-9-18(12-17)11-14-4-3-7-16(10-14)21-15-5-1-2-6-15/h3-4,7,10,15,19-20H,1-2,5-6,8-9,11-13H2/t17-/m1/s1. The fourth-order valence-electron chi connectivity index (χ4n) is 3.38. The molecule has 3 rings (SSSR count). The van der Waals surface area contributed by atoms with Crippen molar-refractivity contribution in [1.82, 2.24) is 4.90 Å². The average Bonchev–Trinajstić information content (AvgIpc) is 3.10. The van der Waals surface area contributed by atoms with Gasteiger partial charge in [-0.3, -0.25) is 4.90 Å². The molecule has 0 spiro atoms. The Morgan fingerprint density at radius 2 is 2.10 bits per heavy atom. The highest BCUT2D eigenvalue weighted by atomic mass is 16.5. The minimum absolute atomic E-state index is 0.158. The molecule has 1 aromatic rings. The second kappa shape index (κ2) is 6.34. The molecule has 0 bridgehead atoms. The first-order valence-corrected chi connectivity index (χ1v) is 7.98. The van der Waals surface area contributed by atoms with Gasteiger partial charge in [0.25, 0.3) is 0 Å². The number of aliphatic hydroxyl groups excluding tert-OH is 1. The van der Waals surface area contributed by atoms with E-state index in [-0.39, 0.29) is 6.61 Å². The Bertz CT molecular complexity index is 473. The van der Waals surface area contributed by atoms with Crippen LogP contribution in [0.1, 0.15) is 37.7 Å². The molecule has 0 amide bonds. The summed E-state index contributed by atoms with van der Waals surface area (Å²) >= 11 is 0. The monoisotopic (exact) mass is 291 g/mol. The van der Waals surface area contributed by atoms with Crippen LogP contribution in [0.15, 0.2) is 24.3 Å². The fraction of sp³-hybridized carbons (Fsp3) is 0.647. The Morgan fingerprint density at radius 3 is 2.81 bits per heavy atom. The van der Waals surface area contributed by atoms with Crippen LogP contribution in [0.5, 0.6) is 5.75 Å². The molecule has 1 saturated carbocycles. The summed E-state index contributed by atoms with van der Waals surface area (Å²) in [5, 5.41) is 19.3. The van der Waals surface area contributed by atoms with Crippen LogP contribution in [-0.4, -0.2) is 46.5 Å². The topological polar surface area (TPSA) is 52.9 Å². The van der Waals surface area contributed by atoms with E-state index < -0.39 is 5.60 Å². The molecule has 2 N–H and O–H groups in total. The van der Waals surface area contributed by atoms with Gasteiger partial charge in [0.05, 0.1) is 12.7 Å². The molecular formula is C17H25NO3. The van der Waals surface area contributed by atoms with Crippen molar-refractivity contribution in [2.45, 2.75) is 50.4 Å². The van der Waals surface area contributed by atoms with E-state index in [1.54, 1.807) is 0 Å². The number of likely N-dealkylation sites (tertiary alicyclic amines) is 1. The molecule has 1 aliphatic heterocycles. The van der Waals surface area contributed by atoms with Crippen LogP contribution < -0.4 is 4.74 Å². The zero-order chi connectivity index (χ0) is 14.7. The van der Waals surface area contributed by atoms with Gasteiger partial charge < -0.3 is 14.9 Å². The molecule has 1 atom stereocenters. The average molecular weight is 291 g/mol. The molecule has 0 unspecified atom stereocenters. The number of benzene rings is 1. The predicted octanol–water partition coefficient (Wildman–Crippen LogP) is 1.94. The number of nitrogens with zero attached hydrogens (tertiary/aromatic N) is 1. The first kappa shape index (κ1) is 14.8. The van der Waals surface area contributed by atoms with Crippen LogP contribution in [0.3, 0.4) is 0 Å². The molecule has 1 saturated heterocycles. The summed E-state index contributed by atoms with van der Waals surface area (Å²) in [4.78, 5) is 2.19. The van der Waals surface area contributed by atoms with Gasteiger partial charge in [-0.1, -0.05) is 12.1 Å². The van der Waals surface area contributed by atoms with Crippen LogP contribution in [-0.2, 0) is 6.54 Å². The number of β-amino-alcohol motifs (C(OH)–C–C–N with tert-alkyl or cyclic N) is 1. The molecule has 2 fully saturated rings. The van der Waals surface area contributed by atoms with Gasteiger partial charge >= 0.3 is 0 Å². The molecule has 1 aromatic carbocycles. The quantitative estimate of drug-likeness (QED) is 0.870. The van der Waals surface area contributed by atoms with Crippen molar-refractivity contribution in [2.24, 2.45) is 0 Å². The van der Waals surface area contributed by atoms with Crippen molar-refractivity contribution in [3.05, 3.63) is 29.8 Å². The largest absolute Gasteiger partial charge is 0.490 e. The maximum Gasteiger partial charge on any atom is 0.120 e. The second-order valence-electron chi connectivity index (χ2n) is 6.51. The van der Waals surface area contributed by atoms with E-state index >= 15 is 0 Å². The van der Waals surface area contributed by atoms with Crippen molar-refractivity contribution < 1.29 is 14.9 Å². The zero-order valence-corrected chi connectivity index (χ0v) is 12.5. The molecule has 21 heavy (non-hydrogen) atoms. The summed E-state index contributed by atoms with van der Waals surface area (Å²) in [6, 6.07) is 8.26. The summed E-state index contributed by atoms with van der Waals surface area (Å²) in [7, 11) is 0. The number of ether oxygens (including phenoxy) is 1. The molecule has 2 aliphatic rings. The lowest BCUT2D eigenvalue weighted by atomic mass is 10.1. The van der Waals surface area contributed by atoms with E-state index in [9.17, 15) is 10.2 Å². The summed E-state index contributed by atoms with van der Waals surface area (Å²) in [6.07, 6.45) is 5.91. The van der Waals surface area contributed by atoms with Crippen LogP contribution in [0.2, 0.25) is 0 Å². The molecule has 4 heteroatoms. The summed E-state index contributed by atoms with van der Waals surface area (Å²) < 4.78 is 6.03. The maximum atomic E-state index is 10.1. The van der Waals surface area contributed by atoms with E-state index in [2.05, 4.69) is 17.0 Å². The highest BCUT2D eigenvalue weighted by Crippen LogP contribution is 2.26. The Labute approximate surface area is 126 Å². The minimum atomic E-state index is -0.919. The smallest absolute Gasteiger partial charge is 0.120 e. The summed E-state index contributed by atoms with van der Waals surface area (Å²) in [5.41, 5.74) is 0.283. The van der Waals surface area contributed by atoms with Crippen LogP contribution in [0.25, 0.3) is 0 Å². The number of aliphatic hydroxyl groups is 2. The van der Waals surface area contributed by atoms with Crippen LogP contribution >= 0.6 is 0 Å². The van der Waals surface area contributed by atoms with E-state index in [4.69, 9.17) is 4.74 Å². The van der Waals surface area contributed by atoms with Gasteiger partial charge in [-0.05, 0) is 49.8 Å². The van der Waals surface area contributed by atoms with Crippen molar-refractivity contribution in [3.63, 3.8) is 0 Å². The van der Waals surface area contributed by atoms with Gasteiger partial charge in [0.15, 0.2) is 0 Å². The molecule has 116 valence electrons. The van der Waals surface area contributed by atoms with Crippen molar-refractivity contribution in [1.29, 1.82) is 0 Å². The fourth-order valence-corrected chi connectivity index (χ4v) is 3.38. The minimum Gasteiger partial charge on any atom is -0.490 e. The molecule has 0 aromatic heterocycles.